The fourth-order valence-electron chi connectivity index (χ4n) is 1.80. The Hall–Kier alpha value is -0.380. The zero-order chi connectivity index (χ0) is 13.4. The highest BCUT2D eigenvalue weighted by molar-refractivity contribution is 9.10. The Balaban J connectivity index is 2.13. The van der Waals surface area contributed by atoms with E-state index in [2.05, 4.69) is 65.5 Å². The van der Waals surface area contributed by atoms with Gasteiger partial charge in [0.25, 0.3) is 0 Å². The molecule has 0 spiro atoms. The largest absolute Gasteiger partial charge is 0.316 e. The van der Waals surface area contributed by atoms with E-state index in [1.807, 2.05) is 0 Å². The first-order chi connectivity index (χ1) is 8.61. The summed E-state index contributed by atoms with van der Waals surface area (Å²) < 4.78 is 1.23. The molecule has 0 heterocycles. The van der Waals surface area contributed by atoms with Crippen molar-refractivity contribution in [2.45, 2.75) is 33.7 Å². The normalized spacial score (nSPS) is 11.2. The zero-order valence-corrected chi connectivity index (χ0v) is 13.3. The molecule has 0 aromatic heterocycles. The van der Waals surface area contributed by atoms with Crippen LogP contribution in [0.3, 0.4) is 0 Å². The molecule has 0 fully saturated rings. The van der Waals surface area contributed by atoms with Gasteiger partial charge in [-0.25, -0.2) is 0 Å². The van der Waals surface area contributed by atoms with Crippen LogP contribution in [-0.2, 0) is 6.54 Å². The molecule has 3 heteroatoms. The zero-order valence-electron chi connectivity index (χ0n) is 11.7. The summed E-state index contributed by atoms with van der Waals surface area (Å²) in [5, 5.41) is 6.94. The third-order valence-corrected chi connectivity index (χ3v) is 3.98. The monoisotopic (exact) mass is 312 g/mol. The lowest BCUT2D eigenvalue weighted by Crippen LogP contribution is -2.24. The summed E-state index contributed by atoms with van der Waals surface area (Å²) in [7, 11) is 0. The van der Waals surface area contributed by atoms with Gasteiger partial charge < -0.3 is 10.6 Å². The standard InChI is InChI=1S/C15H25BrN2/c1-12(2)10-17-8-5-9-18-11-14-7-4-6-13(3)15(14)16/h4,6-7,12,17-18H,5,8-11H2,1-3H3. The van der Waals surface area contributed by atoms with Crippen LogP contribution in [-0.4, -0.2) is 19.6 Å². The van der Waals surface area contributed by atoms with Crippen LogP contribution in [0.5, 0.6) is 0 Å². The summed E-state index contributed by atoms with van der Waals surface area (Å²) in [6, 6.07) is 6.41. The van der Waals surface area contributed by atoms with Crippen LogP contribution >= 0.6 is 15.9 Å². The SMILES string of the molecule is Cc1cccc(CNCCCNCC(C)C)c1Br. The molecule has 0 saturated heterocycles. The lowest BCUT2D eigenvalue weighted by Gasteiger charge is -2.10. The fraction of sp³-hybridized carbons (Fsp3) is 0.600. The average molecular weight is 313 g/mol. The van der Waals surface area contributed by atoms with Gasteiger partial charge in [0.15, 0.2) is 0 Å². The number of halogens is 1. The van der Waals surface area contributed by atoms with Crippen LogP contribution < -0.4 is 10.6 Å². The predicted octanol–water partition coefficient (Wildman–Crippen LogP) is 3.48. The Kier molecular flexibility index (Phi) is 7.56. The highest BCUT2D eigenvalue weighted by Gasteiger charge is 2.01. The minimum atomic E-state index is 0.737. The minimum absolute atomic E-state index is 0.737. The van der Waals surface area contributed by atoms with Gasteiger partial charge in [0, 0.05) is 11.0 Å². The first kappa shape index (κ1) is 15.7. The highest BCUT2D eigenvalue weighted by Crippen LogP contribution is 2.20. The van der Waals surface area contributed by atoms with Gasteiger partial charge in [-0.15, -0.1) is 0 Å². The predicted molar refractivity (Wildman–Crippen MR) is 82.9 cm³/mol. The fourth-order valence-corrected chi connectivity index (χ4v) is 2.20. The molecule has 2 nitrogen and oxygen atoms in total. The average Bonchev–Trinajstić information content (AvgIpc) is 2.32. The van der Waals surface area contributed by atoms with E-state index in [0.717, 1.165) is 32.1 Å². The molecule has 18 heavy (non-hydrogen) atoms. The molecule has 1 rings (SSSR count). The third-order valence-electron chi connectivity index (χ3n) is 2.85. The van der Waals surface area contributed by atoms with Crippen LogP contribution in [0.1, 0.15) is 31.4 Å². The molecule has 0 radical (unpaired) electrons. The topological polar surface area (TPSA) is 24.1 Å². The second kappa shape index (κ2) is 8.68. The van der Waals surface area contributed by atoms with Crippen LogP contribution in [0, 0.1) is 12.8 Å². The van der Waals surface area contributed by atoms with Crippen molar-refractivity contribution >= 4 is 15.9 Å². The maximum atomic E-state index is 3.64. The van der Waals surface area contributed by atoms with Crippen molar-refractivity contribution in [2.75, 3.05) is 19.6 Å². The second-order valence-electron chi connectivity index (χ2n) is 5.18. The number of nitrogens with one attached hydrogen (secondary N) is 2. The molecule has 0 bridgehead atoms. The van der Waals surface area contributed by atoms with Gasteiger partial charge in [0.05, 0.1) is 0 Å². The van der Waals surface area contributed by atoms with E-state index in [9.17, 15) is 0 Å². The van der Waals surface area contributed by atoms with E-state index in [1.54, 1.807) is 0 Å². The molecule has 0 saturated carbocycles. The maximum absolute atomic E-state index is 3.64. The van der Waals surface area contributed by atoms with Crippen LogP contribution in [0.25, 0.3) is 0 Å². The van der Waals surface area contributed by atoms with Gasteiger partial charge in [0.2, 0.25) is 0 Å². The van der Waals surface area contributed by atoms with Crippen LogP contribution in [0.4, 0.5) is 0 Å². The molecule has 1 aromatic rings. The van der Waals surface area contributed by atoms with Gasteiger partial charge >= 0.3 is 0 Å². The van der Waals surface area contributed by atoms with Gasteiger partial charge in [-0.3, -0.25) is 0 Å². The quantitative estimate of drug-likeness (QED) is 0.718. The van der Waals surface area contributed by atoms with E-state index in [-0.39, 0.29) is 0 Å². The number of rotatable bonds is 8. The lowest BCUT2D eigenvalue weighted by molar-refractivity contribution is 0.530. The minimum Gasteiger partial charge on any atom is -0.316 e. The Morgan fingerprint density at radius 2 is 1.89 bits per heavy atom. The van der Waals surface area contributed by atoms with Gasteiger partial charge in [0.1, 0.15) is 0 Å². The summed E-state index contributed by atoms with van der Waals surface area (Å²) in [4.78, 5) is 0. The molecule has 2 N–H and O–H groups in total. The molecule has 0 atom stereocenters. The summed E-state index contributed by atoms with van der Waals surface area (Å²) >= 11 is 3.64. The molecule has 0 amide bonds. The van der Waals surface area contributed by atoms with E-state index in [4.69, 9.17) is 0 Å². The highest BCUT2D eigenvalue weighted by atomic mass is 79.9. The third kappa shape index (κ3) is 5.98. The molecule has 0 aliphatic rings. The van der Waals surface area contributed by atoms with Crippen molar-refractivity contribution < 1.29 is 0 Å². The van der Waals surface area contributed by atoms with Crippen molar-refractivity contribution in [1.82, 2.24) is 10.6 Å². The molecule has 102 valence electrons. The Morgan fingerprint density at radius 3 is 2.61 bits per heavy atom. The Bertz CT molecular complexity index is 350. The van der Waals surface area contributed by atoms with Crippen molar-refractivity contribution in [3.8, 4) is 0 Å². The van der Waals surface area contributed by atoms with E-state index < -0.39 is 0 Å². The van der Waals surface area contributed by atoms with Crippen molar-refractivity contribution in [3.05, 3.63) is 33.8 Å². The van der Waals surface area contributed by atoms with Gasteiger partial charge in [-0.05, 0) is 50.0 Å². The number of hydrogen-bond acceptors (Lipinski definition) is 2. The second-order valence-corrected chi connectivity index (χ2v) is 5.97. The lowest BCUT2D eigenvalue weighted by atomic mass is 10.1. The molecule has 0 aliphatic heterocycles. The summed E-state index contributed by atoms with van der Waals surface area (Å²) in [5.41, 5.74) is 2.64. The molecule has 0 aliphatic carbocycles. The first-order valence-electron chi connectivity index (χ1n) is 6.76. The smallest absolute Gasteiger partial charge is 0.0249 e. The van der Waals surface area contributed by atoms with Crippen molar-refractivity contribution in [1.29, 1.82) is 0 Å². The summed E-state index contributed by atoms with van der Waals surface area (Å²) in [5.74, 6) is 0.737. The van der Waals surface area contributed by atoms with Crippen LogP contribution in [0.15, 0.2) is 22.7 Å². The first-order valence-corrected chi connectivity index (χ1v) is 7.56. The maximum Gasteiger partial charge on any atom is 0.0249 e. The van der Waals surface area contributed by atoms with E-state index in [1.165, 1.54) is 22.0 Å². The molecular formula is C15H25BrN2. The Labute approximate surface area is 120 Å². The number of aryl methyl sites for hydroxylation is 1. The van der Waals surface area contributed by atoms with Crippen molar-refractivity contribution in [3.63, 3.8) is 0 Å². The van der Waals surface area contributed by atoms with E-state index >= 15 is 0 Å². The molecule has 1 aromatic carbocycles. The summed E-state index contributed by atoms with van der Waals surface area (Å²) in [6.07, 6.45) is 1.18. The van der Waals surface area contributed by atoms with Crippen LogP contribution in [0.2, 0.25) is 0 Å². The number of benzene rings is 1. The van der Waals surface area contributed by atoms with Crippen molar-refractivity contribution in [2.24, 2.45) is 5.92 Å². The summed E-state index contributed by atoms with van der Waals surface area (Å²) in [6.45, 7) is 10.8. The van der Waals surface area contributed by atoms with Gasteiger partial charge in [-0.2, -0.15) is 0 Å². The Morgan fingerprint density at radius 1 is 1.17 bits per heavy atom. The van der Waals surface area contributed by atoms with E-state index in [0.29, 0.717) is 0 Å². The molecule has 0 unspecified atom stereocenters. The molecular weight excluding hydrogens is 288 g/mol. The van der Waals surface area contributed by atoms with Gasteiger partial charge in [-0.1, -0.05) is 48.0 Å². The number of hydrogen-bond donors (Lipinski definition) is 2.